The molecule has 1 amide bonds. The molecule has 1 saturated heterocycles. The van der Waals surface area contributed by atoms with Crippen LogP contribution in [-0.4, -0.2) is 36.5 Å². The average molecular weight is 307 g/mol. The van der Waals surface area contributed by atoms with Crippen LogP contribution in [0.1, 0.15) is 29.5 Å². The molecule has 1 aliphatic rings. The van der Waals surface area contributed by atoms with Gasteiger partial charge in [0.15, 0.2) is 0 Å². The van der Waals surface area contributed by atoms with Gasteiger partial charge < -0.3 is 9.64 Å². The Morgan fingerprint density at radius 1 is 1.48 bits per heavy atom. The van der Waals surface area contributed by atoms with Crippen LogP contribution in [0.4, 0.5) is 0 Å². The number of hydrogen-bond acceptors (Lipinski definition) is 4. The minimum absolute atomic E-state index is 0.0324. The predicted octanol–water partition coefficient (Wildman–Crippen LogP) is 2.87. The van der Waals surface area contributed by atoms with E-state index in [-0.39, 0.29) is 17.8 Å². The topological polar surface area (TPSA) is 46.6 Å². The lowest BCUT2D eigenvalue weighted by molar-refractivity contribution is -0.150. The summed E-state index contributed by atoms with van der Waals surface area (Å²) in [6, 6.07) is 4.04. The maximum absolute atomic E-state index is 12.2. The molecule has 1 aromatic rings. The highest BCUT2D eigenvalue weighted by Crippen LogP contribution is 2.20. The van der Waals surface area contributed by atoms with Gasteiger partial charge in [0.1, 0.15) is 0 Å². The van der Waals surface area contributed by atoms with E-state index in [1.807, 2.05) is 25.1 Å². The van der Waals surface area contributed by atoms with Crippen LogP contribution in [0, 0.1) is 12.8 Å². The molecule has 1 atom stereocenters. The molecule has 0 aliphatic carbocycles. The smallest absolute Gasteiger partial charge is 0.310 e. The SMILES string of the molecule is CCOC(=O)[C@H]1CCCN(C(=O)/C=C\c2ccc(C)s2)C1. The third-order valence-corrected chi connectivity index (χ3v) is 4.47. The number of thiophene rings is 1. The van der Waals surface area contributed by atoms with Crippen LogP contribution >= 0.6 is 11.3 Å². The van der Waals surface area contributed by atoms with Crippen molar-refractivity contribution in [2.45, 2.75) is 26.7 Å². The Morgan fingerprint density at radius 2 is 2.29 bits per heavy atom. The van der Waals surface area contributed by atoms with Crippen LogP contribution in [0.3, 0.4) is 0 Å². The number of rotatable bonds is 4. The predicted molar refractivity (Wildman–Crippen MR) is 84.0 cm³/mol. The molecule has 5 heteroatoms. The standard InChI is InChI=1S/C16H21NO3S/c1-3-20-16(19)13-5-4-10-17(11-13)15(18)9-8-14-7-6-12(2)21-14/h6-9,13H,3-5,10-11H2,1-2H3/b9-8-/t13-/m0/s1. The molecule has 2 rings (SSSR count). The molecular formula is C16H21NO3S. The number of piperidine rings is 1. The largest absolute Gasteiger partial charge is 0.466 e. The number of amides is 1. The number of ether oxygens (including phenoxy) is 1. The van der Waals surface area contributed by atoms with Gasteiger partial charge in [0.25, 0.3) is 0 Å². The third-order valence-electron chi connectivity index (χ3n) is 3.50. The first-order valence-corrected chi connectivity index (χ1v) is 8.12. The van der Waals surface area contributed by atoms with Gasteiger partial charge in [-0.2, -0.15) is 0 Å². The summed E-state index contributed by atoms with van der Waals surface area (Å²) in [5.74, 6) is -0.400. The number of hydrogen-bond donors (Lipinski definition) is 0. The monoisotopic (exact) mass is 307 g/mol. The Hall–Kier alpha value is -1.62. The molecule has 0 bridgehead atoms. The molecule has 0 aromatic carbocycles. The molecule has 0 N–H and O–H groups in total. The van der Waals surface area contributed by atoms with Crippen molar-refractivity contribution < 1.29 is 14.3 Å². The first-order valence-electron chi connectivity index (χ1n) is 7.30. The molecule has 0 radical (unpaired) electrons. The fourth-order valence-corrected chi connectivity index (χ4v) is 3.21. The molecule has 1 aromatic heterocycles. The highest BCUT2D eigenvalue weighted by atomic mass is 32.1. The highest BCUT2D eigenvalue weighted by Gasteiger charge is 2.28. The van der Waals surface area contributed by atoms with Crippen LogP contribution in [0.5, 0.6) is 0 Å². The Morgan fingerprint density at radius 3 is 2.95 bits per heavy atom. The van der Waals surface area contributed by atoms with Crippen molar-refractivity contribution in [3.8, 4) is 0 Å². The number of aryl methyl sites for hydroxylation is 1. The molecule has 4 nitrogen and oxygen atoms in total. The van der Waals surface area contributed by atoms with Gasteiger partial charge in [-0.25, -0.2) is 0 Å². The van der Waals surface area contributed by atoms with E-state index >= 15 is 0 Å². The van der Waals surface area contributed by atoms with Crippen molar-refractivity contribution in [3.05, 3.63) is 28.0 Å². The van der Waals surface area contributed by atoms with Gasteiger partial charge in [-0.1, -0.05) is 0 Å². The Labute approximate surface area is 129 Å². The summed E-state index contributed by atoms with van der Waals surface area (Å²) in [6.45, 7) is 5.41. The van der Waals surface area contributed by atoms with Crippen LogP contribution < -0.4 is 0 Å². The summed E-state index contributed by atoms with van der Waals surface area (Å²) in [7, 11) is 0. The van der Waals surface area contributed by atoms with Crippen LogP contribution in [0.2, 0.25) is 0 Å². The molecule has 0 saturated carbocycles. The molecule has 0 unspecified atom stereocenters. The first-order chi connectivity index (χ1) is 10.1. The summed E-state index contributed by atoms with van der Waals surface area (Å²) in [5.41, 5.74) is 0. The van der Waals surface area contributed by atoms with Gasteiger partial charge in [0.2, 0.25) is 5.91 Å². The Balaban J connectivity index is 1.92. The fourth-order valence-electron chi connectivity index (χ4n) is 2.43. The second-order valence-electron chi connectivity index (χ2n) is 5.16. The van der Waals surface area contributed by atoms with E-state index in [4.69, 9.17) is 4.74 Å². The number of nitrogens with zero attached hydrogens (tertiary/aromatic N) is 1. The minimum Gasteiger partial charge on any atom is -0.466 e. The van der Waals surface area contributed by atoms with Crippen LogP contribution in [0.15, 0.2) is 18.2 Å². The van der Waals surface area contributed by atoms with E-state index in [1.165, 1.54) is 4.88 Å². The second kappa shape index (κ2) is 7.41. The quantitative estimate of drug-likeness (QED) is 0.635. The number of carbonyl (C=O) groups is 2. The van der Waals surface area contributed by atoms with E-state index in [2.05, 4.69) is 0 Å². The summed E-state index contributed by atoms with van der Waals surface area (Å²) >= 11 is 1.66. The summed E-state index contributed by atoms with van der Waals surface area (Å²) < 4.78 is 5.05. The zero-order chi connectivity index (χ0) is 15.2. The lowest BCUT2D eigenvalue weighted by Crippen LogP contribution is -2.42. The lowest BCUT2D eigenvalue weighted by Gasteiger charge is -2.30. The van der Waals surface area contributed by atoms with Crippen LogP contribution in [0.25, 0.3) is 6.08 Å². The normalized spacial score (nSPS) is 19.0. The summed E-state index contributed by atoms with van der Waals surface area (Å²) in [4.78, 5) is 28.0. The van der Waals surface area contributed by atoms with Crippen molar-refractivity contribution in [2.75, 3.05) is 19.7 Å². The van der Waals surface area contributed by atoms with E-state index in [0.29, 0.717) is 19.7 Å². The number of carbonyl (C=O) groups excluding carboxylic acids is 2. The van der Waals surface area contributed by atoms with Gasteiger partial charge in [-0.05, 0) is 44.9 Å². The van der Waals surface area contributed by atoms with E-state index in [1.54, 1.807) is 29.2 Å². The minimum atomic E-state index is -0.187. The van der Waals surface area contributed by atoms with Crippen molar-refractivity contribution in [1.29, 1.82) is 0 Å². The summed E-state index contributed by atoms with van der Waals surface area (Å²) in [6.07, 6.45) is 5.09. The zero-order valence-corrected chi connectivity index (χ0v) is 13.3. The van der Waals surface area contributed by atoms with E-state index < -0.39 is 0 Å². The molecule has 21 heavy (non-hydrogen) atoms. The first kappa shape index (κ1) is 15.8. The molecule has 0 spiro atoms. The maximum atomic E-state index is 12.2. The zero-order valence-electron chi connectivity index (χ0n) is 12.5. The molecule has 1 aliphatic heterocycles. The number of esters is 1. The number of likely N-dealkylation sites (tertiary alicyclic amines) is 1. The molecule has 114 valence electrons. The second-order valence-corrected chi connectivity index (χ2v) is 6.48. The van der Waals surface area contributed by atoms with Crippen molar-refractivity contribution in [3.63, 3.8) is 0 Å². The Bertz CT molecular complexity index is 535. The molecule has 1 fully saturated rings. The van der Waals surface area contributed by atoms with Gasteiger partial charge in [-0.3, -0.25) is 9.59 Å². The third kappa shape index (κ3) is 4.43. The van der Waals surface area contributed by atoms with Crippen molar-refractivity contribution in [1.82, 2.24) is 4.90 Å². The van der Waals surface area contributed by atoms with Crippen LogP contribution in [-0.2, 0) is 14.3 Å². The summed E-state index contributed by atoms with van der Waals surface area (Å²) in [5, 5.41) is 0. The molecular weight excluding hydrogens is 286 g/mol. The van der Waals surface area contributed by atoms with Gasteiger partial charge in [-0.15, -0.1) is 11.3 Å². The fraction of sp³-hybridized carbons (Fsp3) is 0.500. The average Bonchev–Trinajstić information content (AvgIpc) is 2.91. The van der Waals surface area contributed by atoms with Gasteiger partial charge in [0, 0.05) is 28.9 Å². The Kier molecular flexibility index (Phi) is 5.56. The lowest BCUT2D eigenvalue weighted by atomic mass is 9.98. The van der Waals surface area contributed by atoms with E-state index in [0.717, 1.165) is 17.7 Å². The maximum Gasteiger partial charge on any atom is 0.310 e. The van der Waals surface area contributed by atoms with Crippen molar-refractivity contribution >= 4 is 29.3 Å². The molecule has 2 heterocycles. The van der Waals surface area contributed by atoms with Gasteiger partial charge in [0.05, 0.1) is 12.5 Å². The van der Waals surface area contributed by atoms with Gasteiger partial charge >= 0.3 is 5.97 Å². The van der Waals surface area contributed by atoms with E-state index in [9.17, 15) is 9.59 Å². The highest BCUT2D eigenvalue weighted by molar-refractivity contribution is 7.12. The van der Waals surface area contributed by atoms with Crippen molar-refractivity contribution in [2.24, 2.45) is 5.92 Å².